The molecule has 7 heteroatoms. The van der Waals surface area contributed by atoms with Gasteiger partial charge in [-0.25, -0.2) is 4.79 Å². The minimum atomic E-state index is -0.580. The first-order valence-electron chi connectivity index (χ1n) is 6.22. The fraction of sp³-hybridized carbons (Fsp3) is 0. The van der Waals surface area contributed by atoms with Gasteiger partial charge in [-0.15, -0.1) is 0 Å². The zero-order valence-corrected chi connectivity index (χ0v) is 12.7. The van der Waals surface area contributed by atoms with Gasteiger partial charge in [0.2, 0.25) is 5.76 Å². The Morgan fingerprint density at radius 3 is 2.86 bits per heavy atom. The standard InChI is InChI=1S/C15H9NO4S2/c17-13-12(22-15(21)16-13)8-9-3-1-4-10(7-9)20-14(18)11-5-2-6-19-11/h1-8H,(H,16,17,21)/b12-8-. The highest BCUT2D eigenvalue weighted by atomic mass is 32.2. The number of furan rings is 1. The van der Waals surface area contributed by atoms with Gasteiger partial charge in [0.05, 0.1) is 11.2 Å². The molecule has 0 bridgehead atoms. The Bertz CT molecular complexity index is 781. The molecule has 0 radical (unpaired) electrons. The molecule has 1 aliphatic heterocycles. The van der Waals surface area contributed by atoms with Crippen LogP contribution < -0.4 is 10.1 Å². The second kappa shape index (κ2) is 6.17. The summed E-state index contributed by atoms with van der Waals surface area (Å²) in [5.41, 5.74) is 0.729. The maximum Gasteiger partial charge on any atom is 0.379 e. The number of benzene rings is 1. The van der Waals surface area contributed by atoms with Crippen LogP contribution in [0.15, 0.2) is 52.0 Å². The van der Waals surface area contributed by atoms with Crippen molar-refractivity contribution in [3.63, 3.8) is 0 Å². The molecule has 1 aromatic carbocycles. The van der Waals surface area contributed by atoms with Gasteiger partial charge in [0.1, 0.15) is 10.1 Å². The van der Waals surface area contributed by atoms with E-state index in [2.05, 4.69) is 5.32 Å². The molecule has 5 nitrogen and oxygen atoms in total. The van der Waals surface area contributed by atoms with E-state index in [1.807, 2.05) is 0 Å². The molecule has 0 spiro atoms. The number of amides is 1. The van der Waals surface area contributed by atoms with Crippen LogP contribution in [-0.2, 0) is 4.79 Å². The molecule has 1 aliphatic rings. The Labute approximate surface area is 135 Å². The molecule has 0 atom stereocenters. The summed E-state index contributed by atoms with van der Waals surface area (Å²) in [5, 5.41) is 2.54. The van der Waals surface area contributed by atoms with Gasteiger partial charge in [-0.2, -0.15) is 0 Å². The number of esters is 1. The smallest absolute Gasteiger partial charge is 0.379 e. The lowest BCUT2D eigenvalue weighted by Gasteiger charge is -2.03. The number of nitrogens with one attached hydrogen (secondary N) is 1. The van der Waals surface area contributed by atoms with Gasteiger partial charge >= 0.3 is 5.97 Å². The average molecular weight is 331 g/mol. The van der Waals surface area contributed by atoms with Crippen molar-refractivity contribution in [2.75, 3.05) is 0 Å². The summed E-state index contributed by atoms with van der Waals surface area (Å²) in [6.45, 7) is 0. The Kier molecular flexibility index (Phi) is 4.08. The lowest BCUT2D eigenvalue weighted by atomic mass is 10.2. The monoisotopic (exact) mass is 331 g/mol. The first kappa shape index (κ1) is 14.6. The summed E-state index contributed by atoms with van der Waals surface area (Å²) < 4.78 is 10.6. The average Bonchev–Trinajstić information content (AvgIpc) is 3.10. The fourth-order valence-electron chi connectivity index (χ4n) is 1.79. The largest absolute Gasteiger partial charge is 0.457 e. The van der Waals surface area contributed by atoms with E-state index in [9.17, 15) is 9.59 Å². The molecule has 1 fully saturated rings. The topological polar surface area (TPSA) is 68.5 Å². The van der Waals surface area contributed by atoms with E-state index in [4.69, 9.17) is 21.4 Å². The van der Waals surface area contributed by atoms with Crippen molar-refractivity contribution in [2.24, 2.45) is 0 Å². The van der Waals surface area contributed by atoms with Gasteiger partial charge in [-0.05, 0) is 35.9 Å². The van der Waals surface area contributed by atoms with Crippen LogP contribution in [-0.4, -0.2) is 16.2 Å². The molecule has 22 heavy (non-hydrogen) atoms. The Balaban J connectivity index is 1.78. The summed E-state index contributed by atoms with van der Waals surface area (Å²) in [6.07, 6.45) is 3.08. The number of thiocarbonyl (C=S) groups is 1. The Hall–Kier alpha value is -2.38. The zero-order chi connectivity index (χ0) is 15.5. The van der Waals surface area contributed by atoms with Crippen LogP contribution in [0.1, 0.15) is 16.1 Å². The summed E-state index contributed by atoms with van der Waals surface area (Å²) in [4.78, 5) is 23.9. The molecular weight excluding hydrogens is 322 g/mol. The van der Waals surface area contributed by atoms with Gasteiger partial charge < -0.3 is 14.5 Å². The van der Waals surface area contributed by atoms with Crippen LogP contribution in [0.5, 0.6) is 5.75 Å². The van der Waals surface area contributed by atoms with Crippen molar-refractivity contribution in [1.29, 1.82) is 0 Å². The SMILES string of the molecule is O=C1NC(=S)S/C1=C\c1cccc(OC(=O)c2ccco2)c1. The van der Waals surface area contributed by atoms with Gasteiger partial charge in [0.15, 0.2) is 0 Å². The van der Waals surface area contributed by atoms with Gasteiger partial charge in [0, 0.05) is 0 Å². The van der Waals surface area contributed by atoms with Crippen molar-refractivity contribution >= 4 is 46.3 Å². The molecule has 1 saturated heterocycles. The van der Waals surface area contributed by atoms with Gasteiger partial charge in [-0.1, -0.05) is 36.1 Å². The number of carbonyl (C=O) groups is 2. The highest BCUT2D eigenvalue weighted by molar-refractivity contribution is 8.26. The quantitative estimate of drug-likeness (QED) is 0.404. The fourth-order valence-corrected chi connectivity index (χ4v) is 2.84. The summed E-state index contributed by atoms with van der Waals surface area (Å²) in [6, 6.07) is 9.96. The van der Waals surface area contributed by atoms with Gasteiger partial charge in [0.25, 0.3) is 5.91 Å². The lowest BCUT2D eigenvalue weighted by molar-refractivity contribution is -0.115. The van der Waals surface area contributed by atoms with E-state index < -0.39 is 5.97 Å². The molecule has 0 unspecified atom stereocenters. The summed E-state index contributed by atoms with van der Waals surface area (Å²) >= 11 is 6.12. The Morgan fingerprint density at radius 2 is 2.18 bits per heavy atom. The van der Waals surface area contributed by atoms with E-state index >= 15 is 0 Å². The third-order valence-electron chi connectivity index (χ3n) is 2.73. The first-order valence-corrected chi connectivity index (χ1v) is 7.45. The Morgan fingerprint density at radius 1 is 1.32 bits per heavy atom. The maximum atomic E-state index is 11.8. The summed E-state index contributed by atoms with van der Waals surface area (Å²) in [5.74, 6) is -0.321. The molecule has 0 saturated carbocycles. The predicted molar refractivity (Wildman–Crippen MR) is 86.4 cm³/mol. The molecule has 0 aliphatic carbocycles. The van der Waals surface area contributed by atoms with Gasteiger partial charge in [-0.3, -0.25) is 4.79 Å². The molecule has 3 rings (SSSR count). The van der Waals surface area contributed by atoms with Crippen molar-refractivity contribution in [1.82, 2.24) is 5.32 Å². The number of thioether (sulfide) groups is 1. The first-order chi connectivity index (χ1) is 10.6. The van der Waals surface area contributed by atoms with Crippen LogP contribution in [0.2, 0.25) is 0 Å². The second-order valence-corrected chi connectivity index (χ2v) is 6.01. The van der Waals surface area contributed by atoms with Crippen LogP contribution in [0.3, 0.4) is 0 Å². The van der Waals surface area contributed by atoms with Crippen LogP contribution in [0, 0.1) is 0 Å². The number of ether oxygens (including phenoxy) is 1. The van der Waals surface area contributed by atoms with E-state index in [-0.39, 0.29) is 11.7 Å². The number of hydrogen-bond acceptors (Lipinski definition) is 6. The highest BCUT2D eigenvalue weighted by Gasteiger charge is 2.22. The van der Waals surface area contributed by atoms with E-state index in [0.717, 1.165) is 5.56 Å². The molecule has 1 aromatic heterocycles. The highest BCUT2D eigenvalue weighted by Crippen LogP contribution is 2.27. The lowest BCUT2D eigenvalue weighted by Crippen LogP contribution is -2.17. The third kappa shape index (κ3) is 3.26. The molecular formula is C15H9NO4S2. The minimum Gasteiger partial charge on any atom is -0.457 e. The molecule has 1 amide bonds. The summed E-state index contributed by atoms with van der Waals surface area (Å²) in [7, 11) is 0. The normalized spacial score (nSPS) is 15.9. The van der Waals surface area contributed by atoms with Crippen molar-refractivity contribution in [2.45, 2.75) is 0 Å². The van der Waals surface area contributed by atoms with E-state index in [0.29, 0.717) is 15.0 Å². The number of rotatable bonds is 3. The maximum absolute atomic E-state index is 11.8. The molecule has 2 heterocycles. The third-order valence-corrected chi connectivity index (χ3v) is 3.89. The van der Waals surface area contributed by atoms with Crippen molar-refractivity contribution in [3.05, 3.63) is 58.9 Å². The second-order valence-electron chi connectivity index (χ2n) is 4.29. The zero-order valence-electron chi connectivity index (χ0n) is 11.1. The molecule has 110 valence electrons. The number of hydrogen-bond donors (Lipinski definition) is 1. The van der Waals surface area contributed by atoms with E-state index in [1.165, 1.54) is 24.1 Å². The van der Waals surface area contributed by atoms with E-state index in [1.54, 1.807) is 36.4 Å². The number of carbonyl (C=O) groups excluding carboxylic acids is 2. The minimum absolute atomic E-state index is 0.125. The van der Waals surface area contributed by atoms with Crippen LogP contribution in [0.25, 0.3) is 6.08 Å². The molecule has 1 N–H and O–H groups in total. The molecule has 2 aromatic rings. The van der Waals surface area contributed by atoms with Crippen LogP contribution >= 0.6 is 24.0 Å². The van der Waals surface area contributed by atoms with Crippen LogP contribution in [0.4, 0.5) is 0 Å². The van der Waals surface area contributed by atoms with Crippen molar-refractivity contribution in [3.8, 4) is 5.75 Å². The van der Waals surface area contributed by atoms with Crippen molar-refractivity contribution < 1.29 is 18.7 Å². The predicted octanol–water partition coefficient (Wildman–Crippen LogP) is 2.99.